The Morgan fingerprint density at radius 1 is 1.10 bits per heavy atom. The molecular weight excluding hydrogens is 417 g/mol. The highest BCUT2D eigenvalue weighted by molar-refractivity contribution is 7.89. The van der Waals surface area contributed by atoms with Crippen LogP contribution in [0, 0.1) is 5.82 Å². The quantitative estimate of drug-likeness (QED) is 0.429. The highest BCUT2D eigenvalue weighted by Gasteiger charge is 2.11. The molecule has 2 N–H and O–H groups in total. The first-order valence-electron chi connectivity index (χ1n) is 10.4. The summed E-state index contributed by atoms with van der Waals surface area (Å²) >= 11 is 0. The van der Waals surface area contributed by atoms with Gasteiger partial charge in [-0.3, -0.25) is 0 Å². The van der Waals surface area contributed by atoms with Crippen LogP contribution in [0.1, 0.15) is 37.5 Å². The number of hydrogen-bond donors (Lipinski definition) is 2. The van der Waals surface area contributed by atoms with Gasteiger partial charge in [0.2, 0.25) is 0 Å². The number of halogens is 1. The van der Waals surface area contributed by atoms with E-state index in [0.29, 0.717) is 30.2 Å². The van der Waals surface area contributed by atoms with E-state index in [0.717, 1.165) is 18.4 Å². The van der Waals surface area contributed by atoms with Gasteiger partial charge >= 0.3 is 0 Å². The van der Waals surface area contributed by atoms with Gasteiger partial charge in [-0.05, 0) is 68.1 Å². The predicted octanol–water partition coefficient (Wildman–Crippen LogP) is 3.46. The van der Waals surface area contributed by atoms with Gasteiger partial charge in [-0.2, -0.15) is 0 Å². The summed E-state index contributed by atoms with van der Waals surface area (Å²) in [7, 11) is -3.23. The zero-order chi connectivity index (χ0) is 22.9. The zero-order valence-corrected chi connectivity index (χ0v) is 19.4. The van der Waals surface area contributed by atoms with Gasteiger partial charge in [-0.15, -0.1) is 0 Å². The molecule has 0 saturated carbocycles. The van der Waals surface area contributed by atoms with Crippen LogP contribution >= 0.6 is 0 Å². The van der Waals surface area contributed by atoms with Crippen LogP contribution < -0.4 is 15.4 Å². The molecule has 0 aromatic heterocycles. The number of hydrogen-bond acceptors (Lipinski definition) is 4. The molecule has 0 spiro atoms. The molecule has 0 bridgehead atoms. The second-order valence-corrected chi connectivity index (χ2v) is 9.81. The van der Waals surface area contributed by atoms with Gasteiger partial charge < -0.3 is 15.4 Å². The lowest BCUT2D eigenvalue weighted by molar-refractivity contribution is 0.242. The minimum absolute atomic E-state index is 0.140. The highest BCUT2D eigenvalue weighted by atomic mass is 32.2. The second kappa shape index (κ2) is 11.7. The van der Waals surface area contributed by atoms with Crippen LogP contribution in [0.15, 0.2) is 47.5 Å². The molecule has 0 aliphatic rings. The Morgan fingerprint density at radius 3 is 2.42 bits per heavy atom. The Bertz CT molecular complexity index is 974. The van der Waals surface area contributed by atoms with Gasteiger partial charge in [0.05, 0.1) is 18.4 Å². The van der Waals surface area contributed by atoms with Gasteiger partial charge in [0.15, 0.2) is 15.8 Å². The largest absolute Gasteiger partial charge is 0.491 e. The molecule has 170 valence electrons. The molecule has 0 unspecified atom stereocenters. The first-order valence-corrected chi connectivity index (χ1v) is 12.4. The SMILES string of the molecule is CCNC(=NCc1cc(F)ccc1CS(C)(=O)=O)NCCc1ccc(OC(C)C)cc1. The van der Waals surface area contributed by atoms with Crippen LogP contribution in [0.25, 0.3) is 0 Å². The van der Waals surface area contributed by atoms with Crippen molar-refractivity contribution in [3.8, 4) is 5.75 Å². The summed E-state index contributed by atoms with van der Waals surface area (Å²) in [5, 5.41) is 6.42. The van der Waals surface area contributed by atoms with Crippen LogP contribution in [0.3, 0.4) is 0 Å². The average Bonchev–Trinajstić information content (AvgIpc) is 2.68. The molecule has 0 saturated heterocycles. The standard InChI is InChI=1S/C23H32FN3O3S/c1-5-25-23(26-13-12-18-6-10-22(11-7-18)30-17(2)3)27-15-20-14-21(24)9-8-19(20)16-31(4,28)29/h6-11,14,17H,5,12-13,15-16H2,1-4H3,(H2,25,26,27). The van der Waals surface area contributed by atoms with Gasteiger partial charge in [-0.1, -0.05) is 18.2 Å². The lowest BCUT2D eigenvalue weighted by atomic mass is 10.1. The number of benzene rings is 2. The number of nitrogens with zero attached hydrogens (tertiary/aromatic N) is 1. The second-order valence-electron chi connectivity index (χ2n) is 7.67. The Morgan fingerprint density at radius 2 is 1.81 bits per heavy atom. The third-order valence-electron chi connectivity index (χ3n) is 4.34. The molecule has 0 heterocycles. The van der Waals surface area contributed by atoms with Gasteiger partial charge in [0, 0.05) is 19.3 Å². The molecular formula is C23H32FN3O3S. The van der Waals surface area contributed by atoms with Crippen molar-refractivity contribution in [1.29, 1.82) is 0 Å². The van der Waals surface area contributed by atoms with Crippen molar-refractivity contribution in [2.45, 2.75) is 45.6 Å². The number of nitrogens with one attached hydrogen (secondary N) is 2. The zero-order valence-electron chi connectivity index (χ0n) is 18.6. The third-order valence-corrected chi connectivity index (χ3v) is 5.17. The lowest BCUT2D eigenvalue weighted by Crippen LogP contribution is -2.38. The summed E-state index contributed by atoms with van der Waals surface area (Å²) in [5.41, 5.74) is 2.29. The van der Waals surface area contributed by atoms with E-state index in [1.807, 2.05) is 45.0 Å². The molecule has 2 rings (SSSR count). The van der Waals surface area contributed by atoms with E-state index in [4.69, 9.17) is 4.74 Å². The maximum Gasteiger partial charge on any atom is 0.191 e. The summed E-state index contributed by atoms with van der Waals surface area (Å²) in [4.78, 5) is 4.51. The fraction of sp³-hybridized carbons (Fsp3) is 0.435. The summed E-state index contributed by atoms with van der Waals surface area (Å²) in [5.74, 6) is 0.891. The maximum absolute atomic E-state index is 13.7. The number of guanidine groups is 1. The minimum Gasteiger partial charge on any atom is -0.491 e. The van der Waals surface area contributed by atoms with Crippen LogP contribution in [0.4, 0.5) is 4.39 Å². The summed E-state index contributed by atoms with van der Waals surface area (Å²) in [6.07, 6.45) is 2.10. The smallest absolute Gasteiger partial charge is 0.191 e. The summed E-state index contributed by atoms with van der Waals surface area (Å²) < 4.78 is 42.7. The van der Waals surface area contributed by atoms with Gasteiger partial charge in [0.1, 0.15) is 11.6 Å². The summed E-state index contributed by atoms with van der Waals surface area (Å²) in [6.45, 7) is 7.46. The minimum atomic E-state index is -3.23. The molecule has 0 aliphatic heterocycles. The van der Waals surface area contributed by atoms with Crippen LogP contribution in [0.2, 0.25) is 0 Å². The van der Waals surface area contributed by atoms with Crippen molar-refractivity contribution >= 4 is 15.8 Å². The van der Waals surface area contributed by atoms with E-state index in [1.54, 1.807) is 0 Å². The molecule has 0 radical (unpaired) electrons. The number of ether oxygens (including phenoxy) is 1. The molecule has 2 aromatic rings. The predicted molar refractivity (Wildman–Crippen MR) is 124 cm³/mol. The fourth-order valence-electron chi connectivity index (χ4n) is 3.00. The van der Waals surface area contributed by atoms with Crippen LogP contribution in [0.5, 0.6) is 5.75 Å². The number of aliphatic imine (C=N–C) groups is 1. The van der Waals surface area contributed by atoms with Crippen molar-refractivity contribution in [3.05, 3.63) is 65.0 Å². The van der Waals surface area contributed by atoms with Crippen LogP contribution in [-0.2, 0) is 28.6 Å². The van der Waals surface area contributed by atoms with Crippen molar-refractivity contribution in [1.82, 2.24) is 10.6 Å². The van der Waals surface area contributed by atoms with Crippen LogP contribution in [-0.4, -0.2) is 39.8 Å². The Kier molecular flexibility index (Phi) is 9.30. The van der Waals surface area contributed by atoms with E-state index in [9.17, 15) is 12.8 Å². The number of rotatable bonds is 10. The van der Waals surface area contributed by atoms with E-state index < -0.39 is 15.7 Å². The van der Waals surface area contributed by atoms with Gasteiger partial charge in [-0.25, -0.2) is 17.8 Å². The lowest BCUT2D eigenvalue weighted by Gasteiger charge is -2.13. The summed E-state index contributed by atoms with van der Waals surface area (Å²) in [6, 6.07) is 12.1. The van der Waals surface area contributed by atoms with E-state index >= 15 is 0 Å². The van der Waals surface area contributed by atoms with E-state index in [1.165, 1.54) is 23.8 Å². The third kappa shape index (κ3) is 9.38. The topological polar surface area (TPSA) is 79.8 Å². The molecule has 6 nitrogen and oxygen atoms in total. The first kappa shape index (κ1) is 24.7. The molecule has 0 fully saturated rings. The molecule has 0 amide bonds. The molecule has 0 aliphatic carbocycles. The Balaban J connectivity index is 2.00. The maximum atomic E-state index is 13.7. The number of sulfone groups is 1. The van der Waals surface area contributed by atoms with E-state index in [-0.39, 0.29) is 18.4 Å². The Hall–Kier alpha value is -2.61. The van der Waals surface area contributed by atoms with Crippen molar-refractivity contribution in [2.24, 2.45) is 4.99 Å². The van der Waals surface area contributed by atoms with E-state index in [2.05, 4.69) is 15.6 Å². The molecule has 0 atom stereocenters. The molecule has 8 heteroatoms. The molecule has 31 heavy (non-hydrogen) atoms. The Labute approximate surface area is 184 Å². The first-order chi connectivity index (χ1) is 14.7. The average molecular weight is 450 g/mol. The monoisotopic (exact) mass is 449 g/mol. The normalized spacial score (nSPS) is 12.1. The van der Waals surface area contributed by atoms with Crippen molar-refractivity contribution in [3.63, 3.8) is 0 Å². The van der Waals surface area contributed by atoms with Crippen molar-refractivity contribution in [2.75, 3.05) is 19.3 Å². The highest BCUT2D eigenvalue weighted by Crippen LogP contribution is 2.16. The van der Waals surface area contributed by atoms with Crippen molar-refractivity contribution < 1.29 is 17.5 Å². The molecule has 2 aromatic carbocycles. The van der Waals surface area contributed by atoms with Gasteiger partial charge in [0.25, 0.3) is 0 Å². The fourth-order valence-corrected chi connectivity index (χ4v) is 3.85.